The zero-order valence-corrected chi connectivity index (χ0v) is 32.7. The Bertz CT molecular complexity index is 1960. The summed E-state index contributed by atoms with van der Waals surface area (Å²) < 4.78 is 14.6. The first-order valence-electron chi connectivity index (χ1n) is 19.1. The molecule has 6 atom stereocenters. The molecule has 3 aromatic carbocycles. The Balaban J connectivity index is 1.25. The van der Waals surface area contributed by atoms with Crippen LogP contribution < -0.4 is 25.5 Å². The van der Waals surface area contributed by atoms with E-state index in [0.717, 1.165) is 42.0 Å². The van der Waals surface area contributed by atoms with Gasteiger partial charge in [-0.2, -0.15) is 0 Å². The van der Waals surface area contributed by atoms with Crippen LogP contribution in [0.25, 0.3) is 0 Å². The van der Waals surface area contributed by atoms with Crippen LogP contribution in [0.15, 0.2) is 91.6 Å². The highest BCUT2D eigenvalue weighted by Crippen LogP contribution is 2.60. The zero-order valence-electron chi connectivity index (χ0n) is 31.7. The lowest BCUT2D eigenvalue weighted by Crippen LogP contribution is -2.52. The molecule has 4 aromatic rings. The molecule has 0 saturated carbocycles. The number of hydrogen-bond acceptors (Lipinski definition) is 8. The average Bonchev–Trinajstić information content (AvgIpc) is 3.85. The number of amides is 2. The number of anilines is 2. The van der Waals surface area contributed by atoms with Crippen LogP contribution in [0, 0.1) is 11.8 Å². The smallest absolute Gasteiger partial charge is 0.264 e. The fraction of sp³-hybridized carbons (Fsp3) is 0.429. The maximum Gasteiger partial charge on any atom is 0.264 e. The van der Waals surface area contributed by atoms with Crippen LogP contribution in [0.5, 0.6) is 5.75 Å². The predicted octanol–water partition coefficient (Wildman–Crippen LogP) is 5.19. The lowest BCUT2D eigenvalue weighted by molar-refractivity contribution is -0.145. The summed E-state index contributed by atoms with van der Waals surface area (Å²) in [6, 6.07) is 23.9. The molecule has 0 aliphatic carbocycles. The van der Waals surface area contributed by atoms with Crippen LogP contribution in [0.1, 0.15) is 48.9 Å². The van der Waals surface area contributed by atoms with Gasteiger partial charge in [0.15, 0.2) is 5.60 Å². The Labute approximate surface area is 318 Å². The second kappa shape index (κ2) is 15.6. The summed E-state index contributed by atoms with van der Waals surface area (Å²) in [6.07, 6.45) is 5.75. The lowest BCUT2D eigenvalue weighted by Gasteiger charge is -2.37. The second-order valence-electron chi connectivity index (χ2n) is 15.5. The summed E-state index contributed by atoms with van der Waals surface area (Å²) in [7, 11) is -0.713. The van der Waals surface area contributed by atoms with Crippen LogP contribution in [-0.4, -0.2) is 79.4 Å². The number of hydrogen-bond donors (Lipinski definition) is 3. The van der Waals surface area contributed by atoms with Gasteiger partial charge >= 0.3 is 0 Å². The van der Waals surface area contributed by atoms with Gasteiger partial charge in [0, 0.05) is 43.0 Å². The Morgan fingerprint density at radius 1 is 1.19 bits per heavy atom. The van der Waals surface area contributed by atoms with Crippen molar-refractivity contribution in [1.82, 2.24) is 20.3 Å². The van der Waals surface area contributed by atoms with Gasteiger partial charge in [0.2, 0.25) is 5.91 Å². The van der Waals surface area contributed by atoms with E-state index in [1.807, 2.05) is 71.5 Å². The molecule has 2 unspecified atom stereocenters. The van der Waals surface area contributed by atoms with Crippen molar-refractivity contribution in [2.24, 2.45) is 11.8 Å². The number of ether oxygens (including phenoxy) is 2. The van der Waals surface area contributed by atoms with Gasteiger partial charge in [-0.1, -0.05) is 79.0 Å². The molecule has 3 aliphatic heterocycles. The third-order valence-electron chi connectivity index (χ3n) is 12.0. The molecule has 0 bridgehead atoms. The SMILES string of the molecule is C=CCN1C(=O)[C@@]2(O[C@@H](CCn3cc(C(CO)c4ccccc4)nn3)[C@H]([Si](C)(C)c3ccc(OC)cc3)[C@H]2C)c2cc(NC(=O)C3CCCNC3)ccc21. The maximum absolute atomic E-state index is 14.9. The molecule has 4 heterocycles. The van der Waals surface area contributed by atoms with Crippen LogP contribution in [0.3, 0.4) is 0 Å². The third kappa shape index (κ3) is 6.80. The van der Waals surface area contributed by atoms with Crippen molar-refractivity contribution in [3.8, 4) is 5.75 Å². The summed E-state index contributed by atoms with van der Waals surface area (Å²) in [4.78, 5) is 30.1. The van der Waals surface area contributed by atoms with Gasteiger partial charge in [0.05, 0.1) is 51.1 Å². The fourth-order valence-electron chi connectivity index (χ4n) is 9.19. The number of fused-ring (bicyclic) bond motifs is 2. The monoisotopic (exact) mass is 748 g/mol. The van der Waals surface area contributed by atoms with Crippen molar-refractivity contribution in [1.29, 1.82) is 0 Å². The second-order valence-corrected chi connectivity index (χ2v) is 20.2. The number of aromatic nitrogens is 3. The van der Waals surface area contributed by atoms with Crippen LogP contribution in [0.4, 0.5) is 11.4 Å². The molecule has 2 fully saturated rings. The molecule has 12 heteroatoms. The van der Waals surface area contributed by atoms with Gasteiger partial charge in [-0.05, 0) is 67.2 Å². The standard InChI is InChI=1S/C42H52N6O5Si/c1-6-22-48-37-19-14-31(44-40(50)30-13-10-21-43-25-30)24-35(37)42(41(48)51)28(2)39(54(4,5)33-17-15-32(52-3)16-18-33)38(53-42)20-23-47-26-36(45-46-47)34(27-49)29-11-8-7-9-12-29/h6-9,11-12,14-19,24,26,28,30,34,38-39,43,49H,1,10,13,20-23,25,27H2,2-5H3,(H,44,50)/t28-,30?,34?,38+,39-,42+/m1/s1. The molecular formula is C42H52N6O5Si. The predicted molar refractivity (Wildman–Crippen MR) is 213 cm³/mol. The van der Waals surface area contributed by atoms with Gasteiger partial charge in [-0.25, -0.2) is 0 Å². The number of carbonyl (C=O) groups is 2. The number of piperidine rings is 1. The van der Waals surface area contributed by atoms with Crippen molar-refractivity contribution in [2.75, 3.05) is 43.6 Å². The first-order chi connectivity index (χ1) is 26.1. The summed E-state index contributed by atoms with van der Waals surface area (Å²) in [6.45, 7) is 13.2. The molecule has 54 heavy (non-hydrogen) atoms. The Kier molecular flexibility index (Phi) is 10.9. The van der Waals surface area contributed by atoms with Crippen LogP contribution in [0.2, 0.25) is 18.6 Å². The van der Waals surface area contributed by atoms with E-state index in [1.165, 1.54) is 5.19 Å². The van der Waals surface area contributed by atoms with Crippen molar-refractivity contribution < 1.29 is 24.2 Å². The third-order valence-corrected chi connectivity index (χ3v) is 16.4. The lowest BCUT2D eigenvalue weighted by atomic mass is 9.82. The number of benzene rings is 3. The summed E-state index contributed by atoms with van der Waals surface area (Å²) in [5.41, 5.74) is 2.66. The fourth-order valence-corrected chi connectivity index (χ4v) is 13.2. The van der Waals surface area contributed by atoms with E-state index < -0.39 is 13.7 Å². The molecule has 2 saturated heterocycles. The highest BCUT2D eigenvalue weighted by Gasteiger charge is 2.66. The molecule has 0 radical (unpaired) electrons. The molecule has 1 spiro atoms. The number of aliphatic hydroxyl groups excluding tert-OH is 1. The molecule has 1 aromatic heterocycles. The van der Waals surface area contributed by atoms with E-state index >= 15 is 0 Å². The molecule has 11 nitrogen and oxygen atoms in total. The largest absolute Gasteiger partial charge is 0.497 e. The number of methoxy groups -OCH3 is 1. The summed E-state index contributed by atoms with van der Waals surface area (Å²) in [5.74, 6) is 0.0783. The number of carbonyl (C=O) groups excluding carboxylic acids is 2. The first-order valence-corrected chi connectivity index (χ1v) is 22.2. The minimum absolute atomic E-state index is 0.0180. The van der Waals surface area contributed by atoms with Crippen LogP contribution in [-0.2, 0) is 26.5 Å². The van der Waals surface area contributed by atoms with E-state index in [9.17, 15) is 14.7 Å². The topological polar surface area (TPSA) is 131 Å². The molecule has 7 rings (SSSR count). The van der Waals surface area contributed by atoms with E-state index in [0.29, 0.717) is 37.4 Å². The van der Waals surface area contributed by atoms with Gasteiger partial charge in [-0.15, -0.1) is 11.7 Å². The maximum atomic E-state index is 14.9. The van der Waals surface area contributed by atoms with Crippen LogP contribution >= 0.6 is 0 Å². The van der Waals surface area contributed by atoms with Crippen molar-refractivity contribution in [3.63, 3.8) is 0 Å². The van der Waals surface area contributed by atoms with Gasteiger partial charge < -0.3 is 30.1 Å². The minimum atomic E-state index is -2.38. The first kappa shape index (κ1) is 37.7. The van der Waals surface area contributed by atoms with Crippen molar-refractivity contribution in [3.05, 3.63) is 108 Å². The van der Waals surface area contributed by atoms with E-state index in [4.69, 9.17) is 9.47 Å². The number of nitrogens with zero attached hydrogens (tertiary/aromatic N) is 4. The quantitative estimate of drug-likeness (QED) is 0.126. The highest BCUT2D eigenvalue weighted by molar-refractivity contribution is 6.91. The Hall–Kier alpha value is -4.62. The normalized spacial score (nSPS) is 24.4. The van der Waals surface area contributed by atoms with E-state index in [1.54, 1.807) is 18.1 Å². The minimum Gasteiger partial charge on any atom is -0.497 e. The summed E-state index contributed by atoms with van der Waals surface area (Å²) in [5, 5.41) is 27.0. The Morgan fingerprint density at radius 2 is 1.96 bits per heavy atom. The van der Waals surface area contributed by atoms with E-state index in [2.05, 4.69) is 59.7 Å². The van der Waals surface area contributed by atoms with Gasteiger partial charge in [0.25, 0.3) is 5.91 Å². The average molecular weight is 749 g/mol. The summed E-state index contributed by atoms with van der Waals surface area (Å²) >= 11 is 0. The number of aliphatic hydroxyl groups is 1. The molecular weight excluding hydrogens is 697 g/mol. The number of nitrogens with one attached hydrogen (secondary N) is 2. The van der Waals surface area contributed by atoms with Crippen molar-refractivity contribution in [2.45, 2.75) is 69.0 Å². The molecule has 3 aliphatic rings. The number of aryl methyl sites for hydroxylation is 1. The van der Waals surface area contributed by atoms with Gasteiger partial charge in [0.1, 0.15) is 5.75 Å². The van der Waals surface area contributed by atoms with Crippen molar-refractivity contribution >= 4 is 36.4 Å². The zero-order chi connectivity index (χ0) is 38.0. The molecule has 2 amide bonds. The molecule has 284 valence electrons. The molecule has 3 N–H and O–H groups in total. The number of rotatable bonds is 13. The Morgan fingerprint density at radius 3 is 2.65 bits per heavy atom. The van der Waals surface area contributed by atoms with Gasteiger partial charge in [-0.3, -0.25) is 14.3 Å². The highest BCUT2D eigenvalue weighted by atomic mass is 28.3. The van der Waals surface area contributed by atoms with E-state index in [-0.39, 0.29) is 47.8 Å².